The molecule has 0 radical (unpaired) electrons. The summed E-state index contributed by atoms with van der Waals surface area (Å²) in [4.78, 5) is 32.2. The predicted octanol–water partition coefficient (Wildman–Crippen LogP) is 1.11. The highest BCUT2D eigenvalue weighted by molar-refractivity contribution is 5.75. The molecule has 0 aliphatic rings. The highest BCUT2D eigenvalue weighted by Gasteiger charge is 2.14. The smallest absolute Gasteiger partial charge is 0.315 e. The van der Waals surface area contributed by atoms with Gasteiger partial charge in [-0.3, -0.25) is 14.9 Å². The summed E-state index contributed by atoms with van der Waals surface area (Å²) in [5.74, 6) is -1.71. The number of nitrogens with one attached hydrogen (secondary N) is 2. The van der Waals surface area contributed by atoms with Crippen molar-refractivity contribution in [2.24, 2.45) is 5.92 Å². The fraction of sp³-hybridized carbons (Fsp3) is 0.333. The zero-order valence-electron chi connectivity index (χ0n) is 10.8. The monoisotopic (exact) mass is 281 g/mol. The van der Waals surface area contributed by atoms with Crippen LogP contribution in [0.25, 0.3) is 0 Å². The minimum Gasteiger partial charge on any atom is -0.481 e. The average Bonchev–Trinajstić information content (AvgIpc) is 2.42. The number of rotatable bonds is 6. The molecule has 1 aromatic rings. The average molecular weight is 281 g/mol. The summed E-state index contributed by atoms with van der Waals surface area (Å²) in [6, 6.07) is 5.49. The van der Waals surface area contributed by atoms with Crippen molar-refractivity contribution in [2.45, 2.75) is 13.5 Å². The normalized spacial score (nSPS) is 11.4. The zero-order chi connectivity index (χ0) is 15.1. The van der Waals surface area contributed by atoms with Crippen molar-refractivity contribution in [1.82, 2.24) is 10.6 Å². The molecule has 0 saturated heterocycles. The lowest BCUT2D eigenvalue weighted by Gasteiger charge is -2.10. The SMILES string of the molecule is CC(CNC(=O)NCc1ccccc1[N+](=O)[O-])C(=O)O. The van der Waals surface area contributed by atoms with Crippen LogP contribution < -0.4 is 10.6 Å². The van der Waals surface area contributed by atoms with E-state index in [4.69, 9.17) is 5.11 Å². The first-order valence-electron chi connectivity index (χ1n) is 5.88. The Morgan fingerprint density at radius 1 is 1.35 bits per heavy atom. The number of nitro groups is 1. The third-order valence-corrected chi connectivity index (χ3v) is 2.62. The number of urea groups is 1. The molecule has 0 aliphatic carbocycles. The Morgan fingerprint density at radius 3 is 2.60 bits per heavy atom. The van der Waals surface area contributed by atoms with Gasteiger partial charge in [-0.05, 0) is 0 Å². The molecule has 1 unspecified atom stereocenters. The lowest BCUT2D eigenvalue weighted by Crippen LogP contribution is -2.38. The predicted molar refractivity (Wildman–Crippen MR) is 70.1 cm³/mol. The molecule has 1 rings (SSSR count). The van der Waals surface area contributed by atoms with Crippen molar-refractivity contribution in [3.63, 3.8) is 0 Å². The van der Waals surface area contributed by atoms with Crippen molar-refractivity contribution in [3.05, 3.63) is 39.9 Å². The van der Waals surface area contributed by atoms with E-state index in [0.717, 1.165) is 0 Å². The molecular formula is C12H15N3O5. The van der Waals surface area contributed by atoms with Gasteiger partial charge in [-0.2, -0.15) is 0 Å². The molecule has 8 nitrogen and oxygen atoms in total. The van der Waals surface area contributed by atoms with Crippen molar-refractivity contribution < 1.29 is 19.6 Å². The number of amides is 2. The molecule has 0 bridgehead atoms. The molecule has 0 aromatic heterocycles. The highest BCUT2D eigenvalue weighted by Crippen LogP contribution is 2.16. The molecule has 1 aromatic carbocycles. The van der Waals surface area contributed by atoms with E-state index in [2.05, 4.69) is 10.6 Å². The Hall–Kier alpha value is -2.64. The lowest BCUT2D eigenvalue weighted by molar-refractivity contribution is -0.385. The summed E-state index contributed by atoms with van der Waals surface area (Å²) in [5.41, 5.74) is 0.297. The lowest BCUT2D eigenvalue weighted by atomic mass is 10.2. The molecule has 20 heavy (non-hydrogen) atoms. The number of benzene rings is 1. The third-order valence-electron chi connectivity index (χ3n) is 2.62. The standard InChI is InChI=1S/C12H15N3O5/c1-8(11(16)17)6-13-12(18)14-7-9-4-2-3-5-10(9)15(19)20/h2-5,8H,6-7H2,1H3,(H,16,17)(H2,13,14,18). The third kappa shape index (κ3) is 4.56. The van der Waals surface area contributed by atoms with Crippen LogP contribution in [0, 0.1) is 16.0 Å². The van der Waals surface area contributed by atoms with Crippen LogP contribution in [0.5, 0.6) is 0 Å². The van der Waals surface area contributed by atoms with E-state index in [-0.39, 0.29) is 18.8 Å². The molecular weight excluding hydrogens is 266 g/mol. The summed E-state index contributed by atoms with van der Waals surface area (Å²) in [6.45, 7) is 1.44. The maximum atomic E-state index is 11.4. The fourth-order valence-corrected chi connectivity index (χ4v) is 1.41. The van der Waals surface area contributed by atoms with Crippen LogP contribution in [0.2, 0.25) is 0 Å². The van der Waals surface area contributed by atoms with Crippen molar-refractivity contribution in [1.29, 1.82) is 0 Å². The van der Waals surface area contributed by atoms with E-state index < -0.39 is 22.8 Å². The number of nitro benzene ring substituents is 1. The molecule has 3 N–H and O–H groups in total. The molecule has 0 heterocycles. The van der Waals surface area contributed by atoms with E-state index >= 15 is 0 Å². The number of carbonyl (C=O) groups excluding carboxylic acids is 1. The first kappa shape index (κ1) is 15.4. The summed E-state index contributed by atoms with van der Waals surface area (Å²) >= 11 is 0. The van der Waals surface area contributed by atoms with Gasteiger partial charge in [0.15, 0.2) is 0 Å². The van der Waals surface area contributed by atoms with E-state index in [1.807, 2.05) is 0 Å². The minimum atomic E-state index is -1.01. The topological polar surface area (TPSA) is 122 Å². The van der Waals surface area contributed by atoms with Crippen molar-refractivity contribution >= 4 is 17.7 Å². The van der Waals surface area contributed by atoms with Crippen LogP contribution in [-0.4, -0.2) is 28.6 Å². The van der Waals surface area contributed by atoms with Gasteiger partial charge in [-0.25, -0.2) is 4.79 Å². The number of carboxylic acid groups (broad SMARTS) is 1. The van der Waals surface area contributed by atoms with E-state index in [1.54, 1.807) is 6.07 Å². The van der Waals surface area contributed by atoms with Crippen LogP contribution in [-0.2, 0) is 11.3 Å². The number of hydrogen-bond donors (Lipinski definition) is 3. The van der Waals surface area contributed by atoms with Gasteiger partial charge in [0.25, 0.3) is 5.69 Å². The van der Waals surface area contributed by atoms with Crippen LogP contribution in [0.1, 0.15) is 12.5 Å². The Bertz CT molecular complexity index is 518. The zero-order valence-corrected chi connectivity index (χ0v) is 10.8. The largest absolute Gasteiger partial charge is 0.481 e. The fourth-order valence-electron chi connectivity index (χ4n) is 1.41. The number of nitrogens with zero attached hydrogens (tertiary/aromatic N) is 1. The van der Waals surface area contributed by atoms with E-state index in [9.17, 15) is 19.7 Å². The Labute approximate surface area is 114 Å². The number of aliphatic carboxylic acids is 1. The van der Waals surface area contributed by atoms with Crippen LogP contribution in [0.15, 0.2) is 24.3 Å². The second kappa shape index (κ2) is 7.07. The molecule has 0 spiro atoms. The molecule has 0 aliphatic heterocycles. The minimum absolute atomic E-state index is 0.00949. The summed E-state index contributed by atoms with van der Waals surface area (Å²) in [5, 5.41) is 24.2. The van der Waals surface area contributed by atoms with Crippen LogP contribution >= 0.6 is 0 Å². The van der Waals surface area contributed by atoms with Gasteiger partial charge < -0.3 is 15.7 Å². The Balaban J connectivity index is 2.49. The molecule has 8 heteroatoms. The number of para-hydroxylation sites is 1. The van der Waals surface area contributed by atoms with Crippen LogP contribution in [0.3, 0.4) is 0 Å². The van der Waals surface area contributed by atoms with Gasteiger partial charge in [0.2, 0.25) is 0 Å². The van der Waals surface area contributed by atoms with E-state index in [1.165, 1.54) is 25.1 Å². The summed E-state index contributed by atoms with van der Waals surface area (Å²) in [7, 11) is 0. The maximum Gasteiger partial charge on any atom is 0.315 e. The van der Waals surface area contributed by atoms with Gasteiger partial charge >= 0.3 is 12.0 Å². The molecule has 1 atom stereocenters. The Morgan fingerprint density at radius 2 is 2.00 bits per heavy atom. The van der Waals surface area contributed by atoms with Crippen molar-refractivity contribution in [2.75, 3.05) is 6.54 Å². The molecule has 0 saturated carbocycles. The number of carboxylic acids is 1. The molecule has 0 fully saturated rings. The first-order chi connectivity index (χ1) is 9.41. The summed E-state index contributed by atoms with van der Waals surface area (Å²) < 4.78 is 0. The van der Waals surface area contributed by atoms with Gasteiger partial charge in [0, 0.05) is 18.2 Å². The highest BCUT2D eigenvalue weighted by atomic mass is 16.6. The van der Waals surface area contributed by atoms with Gasteiger partial charge in [0.05, 0.1) is 17.4 Å². The van der Waals surface area contributed by atoms with Gasteiger partial charge in [0.1, 0.15) is 0 Å². The number of hydrogen-bond acceptors (Lipinski definition) is 4. The molecule has 2 amide bonds. The summed E-state index contributed by atoms with van der Waals surface area (Å²) in [6.07, 6.45) is 0. The number of carbonyl (C=O) groups is 2. The van der Waals surface area contributed by atoms with Crippen LogP contribution in [0.4, 0.5) is 10.5 Å². The quantitative estimate of drug-likeness (QED) is 0.532. The van der Waals surface area contributed by atoms with Crippen molar-refractivity contribution in [3.8, 4) is 0 Å². The second-order valence-electron chi connectivity index (χ2n) is 4.19. The maximum absolute atomic E-state index is 11.4. The van der Waals surface area contributed by atoms with Gasteiger partial charge in [-0.1, -0.05) is 25.1 Å². The Kier molecular flexibility index (Phi) is 5.45. The second-order valence-corrected chi connectivity index (χ2v) is 4.19. The first-order valence-corrected chi connectivity index (χ1v) is 5.88. The van der Waals surface area contributed by atoms with Gasteiger partial charge in [-0.15, -0.1) is 0 Å². The molecule has 108 valence electrons. The van der Waals surface area contributed by atoms with E-state index in [0.29, 0.717) is 5.56 Å².